The smallest absolute Gasteiger partial charge is 0.266 e. The molecule has 1 fully saturated rings. The fraction of sp³-hybridized carbons (Fsp3) is 0.320. The second-order valence-corrected chi connectivity index (χ2v) is 10.1. The molecule has 1 aliphatic rings. The topological polar surface area (TPSA) is 71.4 Å². The molecule has 2 aromatic carbocycles. The minimum absolute atomic E-state index is 0.0701. The maximum atomic E-state index is 13.0. The number of anilines is 1. The average Bonchev–Trinajstić information content (AvgIpc) is 3.08. The van der Waals surface area contributed by atoms with Crippen LogP contribution in [0.4, 0.5) is 5.69 Å². The number of aromatic nitrogens is 1. The largest absolute Gasteiger partial charge is 0.370 e. The van der Waals surface area contributed by atoms with Crippen LogP contribution in [0, 0.1) is 20.8 Å². The monoisotopic (exact) mass is 451 g/mol. The lowest BCUT2D eigenvalue weighted by atomic mass is 10.1. The van der Waals surface area contributed by atoms with Gasteiger partial charge in [0.15, 0.2) is 0 Å². The number of nitrogens with one attached hydrogen (secondary N) is 1. The average molecular weight is 452 g/mol. The summed E-state index contributed by atoms with van der Waals surface area (Å²) in [5, 5.41) is 0. The van der Waals surface area contributed by atoms with E-state index in [1.165, 1.54) is 31.4 Å². The van der Waals surface area contributed by atoms with Crippen molar-refractivity contribution in [3.05, 3.63) is 77.1 Å². The fourth-order valence-corrected chi connectivity index (χ4v) is 5.34. The fourth-order valence-electron chi connectivity index (χ4n) is 4.37. The molecule has 1 saturated heterocycles. The van der Waals surface area contributed by atoms with E-state index in [9.17, 15) is 13.2 Å². The molecule has 168 valence electrons. The Balaban J connectivity index is 1.67. The molecule has 0 atom stereocenters. The van der Waals surface area contributed by atoms with Crippen LogP contribution in [0.25, 0.3) is 5.69 Å². The van der Waals surface area contributed by atoms with Gasteiger partial charge in [-0.1, -0.05) is 29.8 Å². The SMILES string of the molecule is Cc1ccc(S(=O)(=O)NC(=O)c2cc(C)n(-c3ccccc3N3CCCCC3)c2C)cc1. The highest BCUT2D eigenvalue weighted by molar-refractivity contribution is 7.90. The summed E-state index contributed by atoms with van der Waals surface area (Å²) in [6.07, 6.45) is 3.59. The minimum atomic E-state index is -3.95. The maximum absolute atomic E-state index is 13.0. The van der Waals surface area contributed by atoms with Crippen molar-refractivity contribution >= 4 is 21.6 Å². The van der Waals surface area contributed by atoms with Gasteiger partial charge in [-0.3, -0.25) is 4.79 Å². The number of carbonyl (C=O) groups excluding carboxylic acids is 1. The lowest BCUT2D eigenvalue weighted by molar-refractivity contribution is 0.0981. The number of sulfonamides is 1. The van der Waals surface area contributed by atoms with Crippen molar-refractivity contribution < 1.29 is 13.2 Å². The molecule has 0 radical (unpaired) electrons. The van der Waals surface area contributed by atoms with Crippen LogP contribution in [0.1, 0.15) is 46.6 Å². The van der Waals surface area contributed by atoms with Gasteiger partial charge in [0.1, 0.15) is 0 Å². The Kier molecular flexibility index (Phi) is 6.11. The number of benzene rings is 2. The highest BCUT2D eigenvalue weighted by atomic mass is 32.2. The second-order valence-electron chi connectivity index (χ2n) is 8.40. The summed E-state index contributed by atoms with van der Waals surface area (Å²) in [7, 11) is -3.95. The van der Waals surface area contributed by atoms with Crippen LogP contribution in [0.5, 0.6) is 0 Å². The maximum Gasteiger partial charge on any atom is 0.266 e. The first kappa shape index (κ1) is 22.1. The number of aryl methyl sites for hydroxylation is 2. The first-order chi connectivity index (χ1) is 15.3. The highest BCUT2D eigenvalue weighted by Gasteiger charge is 2.24. The summed E-state index contributed by atoms with van der Waals surface area (Å²) in [6, 6.07) is 16.4. The molecule has 0 spiro atoms. The summed E-state index contributed by atoms with van der Waals surface area (Å²) >= 11 is 0. The molecule has 0 aliphatic carbocycles. The van der Waals surface area contributed by atoms with Crippen LogP contribution in [-0.4, -0.2) is 32.0 Å². The number of carbonyl (C=O) groups is 1. The number of rotatable bonds is 5. The first-order valence-corrected chi connectivity index (χ1v) is 12.4. The Labute approximate surface area is 189 Å². The number of amides is 1. The summed E-state index contributed by atoms with van der Waals surface area (Å²) in [5.41, 5.74) is 5.03. The molecule has 4 rings (SSSR count). The molecule has 7 heteroatoms. The molecule has 3 aromatic rings. The molecule has 1 amide bonds. The van der Waals surface area contributed by atoms with Gasteiger partial charge < -0.3 is 9.47 Å². The molecule has 0 bridgehead atoms. The van der Waals surface area contributed by atoms with E-state index in [0.717, 1.165) is 35.7 Å². The number of hydrogen-bond donors (Lipinski definition) is 1. The van der Waals surface area contributed by atoms with Crippen LogP contribution in [0.15, 0.2) is 59.5 Å². The van der Waals surface area contributed by atoms with Crippen LogP contribution in [0.3, 0.4) is 0 Å². The van der Waals surface area contributed by atoms with Crippen molar-refractivity contribution in [2.24, 2.45) is 0 Å². The molecule has 2 heterocycles. The van der Waals surface area contributed by atoms with Gasteiger partial charge in [-0.25, -0.2) is 13.1 Å². The van der Waals surface area contributed by atoms with E-state index >= 15 is 0 Å². The summed E-state index contributed by atoms with van der Waals surface area (Å²) in [6.45, 7) is 7.70. The van der Waals surface area contributed by atoms with Crippen LogP contribution >= 0.6 is 0 Å². The van der Waals surface area contributed by atoms with Crippen LogP contribution in [-0.2, 0) is 10.0 Å². The van der Waals surface area contributed by atoms with Crippen molar-refractivity contribution in [2.75, 3.05) is 18.0 Å². The molecule has 32 heavy (non-hydrogen) atoms. The second kappa shape index (κ2) is 8.82. The van der Waals surface area contributed by atoms with Crippen molar-refractivity contribution in [2.45, 2.75) is 44.9 Å². The standard InChI is InChI=1S/C25H29N3O3S/c1-18-11-13-21(14-12-18)32(30,31)26-25(29)22-17-19(2)28(20(22)3)24-10-6-5-9-23(24)27-15-7-4-8-16-27/h5-6,9-14,17H,4,7-8,15-16H2,1-3H3,(H,26,29). The van der Waals surface area contributed by atoms with E-state index in [1.54, 1.807) is 18.2 Å². The van der Waals surface area contributed by atoms with Crippen molar-refractivity contribution in [3.63, 3.8) is 0 Å². The van der Waals surface area contributed by atoms with E-state index in [0.29, 0.717) is 11.3 Å². The third kappa shape index (κ3) is 4.30. The zero-order valence-corrected chi connectivity index (χ0v) is 19.6. The van der Waals surface area contributed by atoms with Crippen molar-refractivity contribution in [3.8, 4) is 5.69 Å². The molecule has 0 saturated carbocycles. The van der Waals surface area contributed by atoms with Crippen LogP contribution in [0.2, 0.25) is 0 Å². The normalized spacial score (nSPS) is 14.4. The molecule has 1 aliphatic heterocycles. The van der Waals surface area contributed by atoms with E-state index in [1.807, 2.05) is 37.5 Å². The Morgan fingerprint density at radius 2 is 1.50 bits per heavy atom. The zero-order chi connectivity index (χ0) is 22.9. The molecule has 1 aromatic heterocycles. The van der Waals surface area contributed by atoms with Gasteiger partial charge in [-0.15, -0.1) is 0 Å². The number of nitrogens with zero attached hydrogens (tertiary/aromatic N) is 2. The first-order valence-electron chi connectivity index (χ1n) is 10.9. The highest BCUT2D eigenvalue weighted by Crippen LogP contribution is 2.31. The number of hydrogen-bond acceptors (Lipinski definition) is 4. The summed E-state index contributed by atoms with van der Waals surface area (Å²) in [4.78, 5) is 15.4. The Hall–Kier alpha value is -3.06. The molecule has 0 unspecified atom stereocenters. The van der Waals surface area contributed by atoms with Crippen LogP contribution < -0.4 is 9.62 Å². The predicted octanol–water partition coefficient (Wildman–Crippen LogP) is 4.51. The predicted molar refractivity (Wildman–Crippen MR) is 127 cm³/mol. The van der Waals surface area contributed by atoms with Gasteiger partial charge in [0, 0.05) is 24.5 Å². The van der Waals surface area contributed by atoms with Crippen molar-refractivity contribution in [1.29, 1.82) is 0 Å². The quantitative estimate of drug-likeness (QED) is 0.620. The lowest BCUT2D eigenvalue weighted by Gasteiger charge is -2.31. The Bertz CT molecular complexity index is 1240. The number of piperidine rings is 1. The minimum Gasteiger partial charge on any atom is -0.370 e. The number of para-hydroxylation sites is 2. The van der Waals surface area contributed by atoms with E-state index in [2.05, 4.69) is 21.8 Å². The van der Waals surface area contributed by atoms with Gasteiger partial charge in [0.25, 0.3) is 15.9 Å². The zero-order valence-electron chi connectivity index (χ0n) is 18.8. The molecular weight excluding hydrogens is 422 g/mol. The van der Waals surface area contributed by atoms with Gasteiger partial charge in [0.2, 0.25) is 0 Å². The van der Waals surface area contributed by atoms with E-state index < -0.39 is 15.9 Å². The van der Waals surface area contributed by atoms with Gasteiger partial charge >= 0.3 is 0 Å². The summed E-state index contributed by atoms with van der Waals surface area (Å²) in [5.74, 6) is -0.625. The lowest BCUT2D eigenvalue weighted by Crippen LogP contribution is -2.31. The third-order valence-corrected chi connectivity index (χ3v) is 7.40. The molecular formula is C25H29N3O3S. The molecule has 6 nitrogen and oxygen atoms in total. The van der Waals surface area contributed by atoms with E-state index in [-0.39, 0.29) is 4.90 Å². The third-order valence-electron chi connectivity index (χ3n) is 6.05. The van der Waals surface area contributed by atoms with Crippen molar-refractivity contribution in [1.82, 2.24) is 9.29 Å². The Morgan fingerprint density at radius 3 is 2.16 bits per heavy atom. The Morgan fingerprint density at radius 1 is 0.875 bits per heavy atom. The van der Waals surface area contributed by atoms with Gasteiger partial charge in [-0.2, -0.15) is 0 Å². The van der Waals surface area contributed by atoms with Gasteiger partial charge in [-0.05, 0) is 70.4 Å². The summed E-state index contributed by atoms with van der Waals surface area (Å²) < 4.78 is 29.7. The van der Waals surface area contributed by atoms with Gasteiger partial charge in [0.05, 0.1) is 21.8 Å². The molecule has 1 N–H and O–H groups in total. The van der Waals surface area contributed by atoms with E-state index in [4.69, 9.17) is 0 Å².